The standard InChI is InChI=1S/C7H12N2O2/c8-7(10)9-5-3-1-2-4-6-11-9/h1,3H,2,4-6H2,(H2,8,10)/b3-1-. The predicted octanol–water partition coefficient (Wildman–Crippen LogP) is 0.649. The van der Waals surface area contributed by atoms with Gasteiger partial charge < -0.3 is 5.73 Å². The SMILES string of the molecule is NC(=O)N1C/C=C\CCCO1. The number of primary amides is 1. The second kappa shape index (κ2) is 3.98. The number of allylic oxidation sites excluding steroid dienone is 1. The number of nitrogens with two attached hydrogens (primary N) is 1. The Morgan fingerprint density at radius 1 is 1.55 bits per heavy atom. The lowest BCUT2D eigenvalue weighted by atomic mass is 10.3. The summed E-state index contributed by atoms with van der Waals surface area (Å²) < 4.78 is 0. The second-order valence-electron chi connectivity index (χ2n) is 2.35. The summed E-state index contributed by atoms with van der Waals surface area (Å²) in [5.41, 5.74) is 5.02. The summed E-state index contributed by atoms with van der Waals surface area (Å²) in [6.45, 7) is 1.02. The molecule has 1 aliphatic rings. The van der Waals surface area contributed by atoms with Crippen molar-refractivity contribution >= 4 is 6.03 Å². The number of carbonyl (C=O) groups is 1. The highest BCUT2D eigenvalue weighted by Crippen LogP contribution is 2.00. The fraction of sp³-hybridized carbons (Fsp3) is 0.571. The molecule has 1 heterocycles. The van der Waals surface area contributed by atoms with Crippen LogP contribution < -0.4 is 5.73 Å². The Hall–Kier alpha value is -1.03. The molecule has 0 radical (unpaired) electrons. The quantitative estimate of drug-likeness (QED) is 0.523. The van der Waals surface area contributed by atoms with Crippen LogP contribution >= 0.6 is 0 Å². The zero-order valence-electron chi connectivity index (χ0n) is 6.32. The Labute approximate surface area is 65.6 Å². The van der Waals surface area contributed by atoms with Crippen LogP contribution in [0.5, 0.6) is 0 Å². The van der Waals surface area contributed by atoms with Crippen molar-refractivity contribution in [2.24, 2.45) is 5.73 Å². The van der Waals surface area contributed by atoms with Gasteiger partial charge in [-0.05, 0) is 12.8 Å². The molecular formula is C7H12N2O2. The van der Waals surface area contributed by atoms with E-state index in [-0.39, 0.29) is 0 Å². The molecule has 4 nitrogen and oxygen atoms in total. The maximum Gasteiger partial charge on any atom is 0.339 e. The van der Waals surface area contributed by atoms with E-state index < -0.39 is 6.03 Å². The average Bonchev–Trinajstić information content (AvgIpc) is 1.84. The summed E-state index contributed by atoms with van der Waals surface area (Å²) in [4.78, 5) is 15.7. The van der Waals surface area contributed by atoms with Crippen LogP contribution in [0.3, 0.4) is 0 Å². The Bertz CT molecular complexity index is 168. The molecule has 62 valence electrons. The summed E-state index contributed by atoms with van der Waals surface area (Å²) in [5, 5.41) is 1.16. The second-order valence-corrected chi connectivity index (χ2v) is 2.35. The monoisotopic (exact) mass is 156 g/mol. The molecule has 2 amide bonds. The van der Waals surface area contributed by atoms with E-state index in [1.807, 2.05) is 12.2 Å². The minimum Gasteiger partial charge on any atom is -0.350 e. The Morgan fingerprint density at radius 2 is 2.36 bits per heavy atom. The van der Waals surface area contributed by atoms with Crippen molar-refractivity contribution in [3.8, 4) is 0 Å². The van der Waals surface area contributed by atoms with E-state index in [2.05, 4.69) is 0 Å². The predicted molar refractivity (Wildman–Crippen MR) is 40.6 cm³/mol. The third kappa shape index (κ3) is 2.59. The van der Waals surface area contributed by atoms with Gasteiger partial charge in [-0.15, -0.1) is 0 Å². The Morgan fingerprint density at radius 3 is 3.09 bits per heavy atom. The molecule has 0 saturated carbocycles. The molecule has 0 saturated heterocycles. The summed E-state index contributed by atoms with van der Waals surface area (Å²) in [7, 11) is 0. The van der Waals surface area contributed by atoms with Crippen LogP contribution in [0.2, 0.25) is 0 Å². The van der Waals surface area contributed by atoms with Crippen molar-refractivity contribution in [1.82, 2.24) is 5.06 Å². The van der Waals surface area contributed by atoms with Crippen LogP contribution in [-0.2, 0) is 4.84 Å². The van der Waals surface area contributed by atoms with E-state index in [1.165, 1.54) is 0 Å². The first-order valence-corrected chi connectivity index (χ1v) is 3.65. The number of rotatable bonds is 0. The van der Waals surface area contributed by atoms with Gasteiger partial charge >= 0.3 is 6.03 Å². The van der Waals surface area contributed by atoms with E-state index in [9.17, 15) is 4.79 Å². The van der Waals surface area contributed by atoms with E-state index in [0.29, 0.717) is 13.2 Å². The molecule has 0 bridgehead atoms. The van der Waals surface area contributed by atoms with E-state index >= 15 is 0 Å². The van der Waals surface area contributed by atoms with Crippen LogP contribution in [0.25, 0.3) is 0 Å². The average molecular weight is 156 g/mol. The maximum absolute atomic E-state index is 10.6. The highest BCUT2D eigenvalue weighted by molar-refractivity contribution is 5.70. The van der Waals surface area contributed by atoms with Gasteiger partial charge in [0, 0.05) is 0 Å². The zero-order valence-corrected chi connectivity index (χ0v) is 6.32. The van der Waals surface area contributed by atoms with Crippen molar-refractivity contribution in [2.75, 3.05) is 13.2 Å². The summed E-state index contributed by atoms with van der Waals surface area (Å²) in [6, 6.07) is -0.531. The van der Waals surface area contributed by atoms with Gasteiger partial charge in [0.1, 0.15) is 0 Å². The van der Waals surface area contributed by atoms with Gasteiger partial charge in [-0.25, -0.2) is 4.79 Å². The molecule has 0 aromatic heterocycles. The topological polar surface area (TPSA) is 55.6 Å². The fourth-order valence-corrected chi connectivity index (χ4v) is 0.870. The highest BCUT2D eigenvalue weighted by atomic mass is 16.7. The van der Waals surface area contributed by atoms with Crippen LogP contribution in [0.4, 0.5) is 4.79 Å². The number of hydroxylamine groups is 2. The smallest absolute Gasteiger partial charge is 0.339 e. The van der Waals surface area contributed by atoms with Gasteiger partial charge in [-0.1, -0.05) is 12.2 Å². The summed E-state index contributed by atoms with van der Waals surface area (Å²) in [5.74, 6) is 0. The summed E-state index contributed by atoms with van der Waals surface area (Å²) in [6.07, 6.45) is 5.84. The molecule has 0 spiro atoms. The van der Waals surface area contributed by atoms with Gasteiger partial charge in [-0.3, -0.25) is 4.84 Å². The molecule has 0 aromatic carbocycles. The third-order valence-corrected chi connectivity index (χ3v) is 1.45. The first-order valence-electron chi connectivity index (χ1n) is 3.65. The van der Waals surface area contributed by atoms with Gasteiger partial charge in [-0.2, -0.15) is 5.06 Å². The molecular weight excluding hydrogens is 144 g/mol. The van der Waals surface area contributed by atoms with Crippen molar-refractivity contribution in [1.29, 1.82) is 0 Å². The van der Waals surface area contributed by atoms with Gasteiger partial charge in [0.15, 0.2) is 0 Å². The lowest BCUT2D eigenvalue weighted by Gasteiger charge is -2.18. The molecule has 11 heavy (non-hydrogen) atoms. The van der Waals surface area contributed by atoms with Gasteiger partial charge in [0.2, 0.25) is 0 Å². The first-order chi connectivity index (χ1) is 5.30. The van der Waals surface area contributed by atoms with E-state index in [1.54, 1.807) is 0 Å². The highest BCUT2D eigenvalue weighted by Gasteiger charge is 2.08. The van der Waals surface area contributed by atoms with Crippen molar-refractivity contribution in [3.63, 3.8) is 0 Å². The molecule has 1 aliphatic heterocycles. The van der Waals surface area contributed by atoms with Gasteiger partial charge in [0.05, 0.1) is 13.2 Å². The lowest BCUT2D eigenvalue weighted by molar-refractivity contribution is -0.109. The number of nitrogens with zero attached hydrogens (tertiary/aromatic N) is 1. The maximum atomic E-state index is 10.6. The number of hydrogen-bond acceptors (Lipinski definition) is 2. The zero-order chi connectivity index (χ0) is 8.10. The van der Waals surface area contributed by atoms with Crippen molar-refractivity contribution in [2.45, 2.75) is 12.8 Å². The number of carbonyl (C=O) groups excluding carboxylic acids is 1. The van der Waals surface area contributed by atoms with Crippen LogP contribution in [-0.4, -0.2) is 24.2 Å². The van der Waals surface area contributed by atoms with Crippen LogP contribution in [0, 0.1) is 0 Å². The van der Waals surface area contributed by atoms with Crippen LogP contribution in [0.1, 0.15) is 12.8 Å². The van der Waals surface area contributed by atoms with Gasteiger partial charge in [0.25, 0.3) is 0 Å². The van der Waals surface area contributed by atoms with Crippen LogP contribution in [0.15, 0.2) is 12.2 Å². The largest absolute Gasteiger partial charge is 0.350 e. The molecule has 0 aromatic rings. The fourth-order valence-electron chi connectivity index (χ4n) is 0.870. The Balaban J connectivity index is 2.45. The van der Waals surface area contributed by atoms with Crippen molar-refractivity contribution in [3.05, 3.63) is 12.2 Å². The molecule has 1 rings (SSSR count). The minimum absolute atomic E-state index is 0.454. The number of hydrogen-bond donors (Lipinski definition) is 1. The molecule has 0 unspecified atom stereocenters. The molecule has 0 atom stereocenters. The first kappa shape index (κ1) is 8.07. The normalized spacial score (nSPS) is 22.0. The number of urea groups is 1. The van der Waals surface area contributed by atoms with E-state index in [0.717, 1.165) is 17.9 Å². The molecule has 0 fully saturated rings. The minimum atomic E-state index is -0.531. The summed E-state index contributed by atoms with van der Waals surface area (Å²) >= 11 is 0. The number of amides is 2. The molecule has 2 N–H and O–H groups in total. The third-order valence-electron chi connectivity index (χ3n) is 1.45. The van der Waals surface area contributed by atoms with E-state index in [4.69, 9.17) is 10.6 Å². The van der Waals surface area contributed by atoms with Crippen molar-refractivity contribution < 1.29 is 9.63 Å². The Kier molecular flexibility index (Phi) is 2.92. The lowest BCUT2D eigenvalue weighted by Crippen LogP contribution is -2.36. The molecule has 0 aliphatic carbocycles. The molecule has 4 heteroatoms.